The number of anilines is 1. The van der Waals surface area contributed by atoms with Gasteiger partial charge in [0.25, 0.3) is 0 Å². The summed E-state index contributed by atoms with van der Waals surface area (Å²) < 4.78 is 3.79. The molecule has 1 saturated carbocycles. The van der Waals surface area contributed by atoms with Crippen molar-refractivity contribution in [2.24, 2.45) is 7.05 Å². The van der Waals surface area contributed by atoms with Gasteiger partial charge in [0.1, 0.15) is 0 Å². The Hall–Kier alpha value is -1.85. The molecule has 0 unspecified atom stereocenters. The van der Waals surface area contributed by atoms with Crippen molar-refractivity contribution in [1.29, 1.82) is 0 Å². The molecule has 90 valence electrons. The average Bonchev–Trinajstić information content (AvgIpc) is 2.96. The minimum Gasteiger partial charge on any atom is -0.381 e. The molecule has 0 aromatic carbocycles. The molecule has 3 rings (SSSR count). The summed E-state index contributed by atoms with van der Waals surface area (Å²) in [6, 6.07) is 2.06. The van der Waals surface area contributed by atoms with Crippen molar-refractivity contribution in [2.45, 2.75) is 32.2 Å². The summed E-state index contributed by atoms with van der Waals surface area (Å²) in [4.78, 5) is 0. The quantitative estimate of drug-likeness (QED) is 0.850. The van der Waals surface area contributed by atoms with Crippen molar-refractivity contribution < 1.29 is 0 Å². The van der Waals surface area contributed by atoms with Crippen molar-refractivity contribution in [3.8, 4) is 0 Å². The summed E-state index contributed by atoms with van der Waals surface area (Å²) >= 11 is 0. The van der Waals surface area contributed by atoms with Gasteiger partial charge in [-0.2, -0.15) is 5.10 Å². The Kier molecular flexibility index (Phi) is 2.17. The van der Waals surface area contributed by atoms with Crippen molar-refractivity contribution in [3.05, 3.63) is 23.1 Å². The summed E-state index contributed by atoms with van der Waals surface area (Å²) in [6.45, 7) is 2.67. The molecule has 1 fully saturated rings. The first-order chi connectivity index (χ1) is 8.15. The van der Waals surface area contributed by atoms with Crippen LogP contribution in [0.2, 0.25) is 0 Å². The van der Waals surface area contributed by atoms with Crippen LogP contribution >= 0.6 is 0 Å². The lowest BCUT2D eigenvalue weighted by atomic mass is 10.3. The molecular weight excluding hydrogens is 216 g/mol. The molecule has 2 aromatic rings. The topological polar surface area (TPSA) is 74.6 Å². The molecule has 0 amide bonds. The van der Waals surface area contributed by atoms with Gasteiger partial charge in [-0.15, -0.1) is 5.10 Å². The standard InChI is InChI=1S/C11H16N6/c1-7-5-9(16(2)14-7)6-17-10(8-3-4-8)11(12)13-15-17/h5,8H,3-4,6,12H2,1-2H3. The summed E-state index contributed by atoms with van der Waals surface area (Å²) in [7, 11) is 1.94. The van der Waals surface area contributed by atoms with Gasteiger partial charge in [-0.1, -0.05) is 5.21 Å². The van der Waals surface area contributed by atoms with E-state index in [1.165, 1.54) is 12.8 Å². The van der Waals surface area contributed by atoms with Crippen molar-refractivity contribution in [2.75, 3.05) is 5.73 Å². The van der Waals surface area contributed by atoms with Crippen LogP contribution in [0.5, 0.6) is 0 Å². The fourth-order valence-electron chi connectivity index (χ4n) is 2.19. The number of hydrogen-bond donors (Lipinski definition) is 1. The molecule has 0 aliphatic heterocycles. The van der Waals surface area contributed by atoms with E-state index in [0.717, 1.165) is 17.1 Å². The minimum atomic E-state index is 0.555. The van der Waals surface area contributed by atoms with Gasteiger partial charge in [0.15, 0.2) is 5.82 Å². The molecule has 6 nitrogen and oxygen atoms in total. The third-order valence-corrected chi connectivity index (χ3v) is 3.18. The maximum Gasteiger partial charge on any atom is 0.169 e. The Morgan fingerprint density at radius 3 is 2.82 bits per heavy atom. The van der Waals surface area contributed by atoms with Crippen molar-refractivity contribution in [3.63, 3.8) is 0 Å². The van der Waals surface area contributed by atoms with Gasteiger partial charge in [-0.25, -0.2) is 4.68 Å². The zero-order valence-corrected chi connectivity index (χ0v) is 10.1. The van der Waals surface area contributed by atoms with E-state index in [1.807, 2.05) is 23.3 Å². The molecule has 0 atom stereocenters. The maximum absolute atomic E-state index is 5.86. The van der Waals surface area contributed by atoms with E-state index in [-0.39, 0.29) is 0 Å². The fourth-order valence-corrected chi connectivity index (χ4v) is 2.19. The first-order valence-electron chi connectivity index (χ1n) is 5.83. The van der Waals surface area contributed by atoms with Crippen LogP contribution < -0.4 is 5.73 Å². The van der Waals surface area contributed by atoms with E-state index in [4.69, 9.17) is 5.73 Å². The molecular formula is C11H16N6. The largest absolute Gasteiger partial charge is 0.381 e. The normalized spacial score (nSPS) is 15.4. The third kappa shape index (κ3) is 1.79. The number of nitrogen functional groups attached to an aromatic ring is 1. The smallest absolute Gasteiger partial charge is 0.169 e. The van der Waals surface area contributed by atoms with Crippen LogP contribution in [-0.2, 0) is 13.6 Å². The zero-order chi connectivity index (χ0) is 12.0. The van der Waals surface area contributed by atoms with E-state index in [2.05, 4.69) is 21.5 Å². The molecule has 1 aliphatic rings. The Morgan fingerprint density at radius 1 is 1.47 bits per heavy atom. The van der Waals surface area contributed by atoms with Gasteiger partial charge in [-0.3, -0.25) is 4.68 Å². The van der Waals surface area contributed by atoms with Crippen LogP contribution in [0.15, 0.2) is 6.07 Å². The van der Waals surface area contributed by atoms with Gasteiger partial charge < -0.3 is 5.73 Å². The summed E-state index contributed by atoms with van der Waals surface area (Å²) in [6.07, 6.45) is 2.39. The second kappa shape index (κ2) is 3.58. The minimum absolute atomic E-state index is 0.555. The first kappa shape index (κ1) is 10.3. The lowest BCUT2D eigenvalue weighted by molar-refractivity contribution is 0.579. The van der Waals surface area contributed by atoms with E-state index < -0.39 is 0 Å². The average molecular weight is 232 g/mol. The molecule has 1 aliphatic carbocycles. The fraction of sp³-hybridized carbons (Fsp3) is 0.545. The lowest BCUT2D eigenvalue weighted by Gasteiger charge is -2.05. The molecule has 0 bridgehead atoms. The van der Waals surface area contributed by atoms with Crippen molar-refractivity contribution >= 4 is 5.82 Å². The van der Waals surface area contributed by atoms with Crippen LogP contribution in [0.1, 0.15) is 35.8 Å². The van der Waals surface area contributed by atoms with Crippen LogP contribution in [0.25, 0.3) is 0 Å². The summed E-state index contributed by atoms with van der Waals surface area (Å²) in [5, 5.41) is 12.4. The highest BCUT2D eigenvalue weighted by atomic mass is 15.5. The number of hydrogen-bond acceptors (Lipinski definition) is 4. The molecule has 0 saturated heterocycles. The molecule has 0 spiro atoms. The predicted molar refractivity (Wildman–Crippen MR) is 63.5 cm³/mol. The summed E-state index contributed by atoms with van der Waals surface area (Å²) in [5.41, 5.74) is 9.09. The number of rotatable bonds is 3. The number of nitrogens with zero attached hydrogens (tertiary/aromatic N) is 5. The molecule has 2 aromatic heterocycles. The van der Waals surface area contributed by atoms with Crippen molar-refractivity contribution in [1.82, 2.24) is 24.8 Å². The highest BCUT2D eigenvalue weighted by molar-refractivity contribution is 5.38. The number of nitrogens with two attached hydrogens (primary N) is 1. The van der Waals surface area contributed by atoms with Crippen LogP contribution in [0.4, 0.5) is 5.82 Å². The molecule has 6 heteroatoms. The molecule has 2 N–H and O–H groups in total. The second-order valence-electron chi connectivity index (χ2n) is 4.69. The van der Waals surface area contributed by atoms with Gasteiger partial charge in [0, 0.05) is 13.0 Å². The number of aromatic nitrogens is 5. The highest BCUT2D eigenvalue weighted by Gasteiger charge is 2.30. The monoisotopic (exact) mass is 232 g/mol. The second-order valence-corrected chi connectivity index (χ2v) is 4.69. The van der Waals surface area contributed by atoms with E-state index in [1.54, 1.807) is 0 Å². The lowest BCUT2D eigenvalue weighted by Crippen LogP contribution is -2.10. The van der Waals surface area contributed by atoms with Crippen LogP contribution in [-0.4, -0.2) is 24.8 Å². The Labute approximate surface area is 99.4 Å². The zero-order valence-electron chi connectivity index (χ0n) is 10.1. The van der Waals surface area contributed by atoms with E-state index in [9.17, 15) is 0 Å². The Morgan fingerprint density at radius 2 is 2.24 bits per heavy atom. The first-order valence-corrected chi connectivity index (χ1v) is 5.83. The van der Waals surface area contributed by atoms with E-state index >= 15 is 0 Å². The van der Waals surface area contributed by atoms with E-state index in [0.29, 0.717) is 18.3 Å². The Bertz CT molecular complexity index is 548. The number of aryl methyl sites for hydroxylation is 2. The SMILES string of the molecule is Cc1cc(Cn2nnc(N)c2C2CC2)n(C)n1. The van der Waals surface area contributed by atoms with Gasteiger partial charge in [-0.05, 0) is 25.8 Å². The van der Waals surface area contributed by atoms with Gasteiger partial charge >= 0.3 is 0 Å². The van der Waals surface area contributed by atoms with Gasteiger partial charge in [0.05, 0.1) is 23.6 Å². The third-order valence-electron chi connectivity index (χ3n) is 3.18. The van der Waals surface area contributed by atoms with Crippen LogP contribution in [0, 0.1) is 6.92 Å². The summed E-state index contributed by atoms with van der Waals surface area (Å²) in [5.74, 6) is 1.13. The predicted octanol–water partition coefficient (Wildman–Crippen LogP) is 0.828. The van der Waals surface area contributed by atoms with Crippen LogP contribution in [0.3, 0.4) is 0 Å². The van der Waals surface area contributed by atoms with Gasteiger partial charge in [0.2, 0.25) is 0 Å². The highest BCUT2D eigenvalue weighted by Crippen LogP contribution is 2.42. The molecule has 0 radical (unpaired) electrons. The Balaban J connectivity index is 1.92. The molecule has 2 heterocycles. The maximum atomic E-state index is 5.86. The molecule has 17 heavy (non-hydrogen) atoms.